The average Bonchev–Trinajstić information content (AvgIpc) is 2.58. The second-order valence-corrected chi connectivity index (χ2v) is 5.89. The fourth-order valence-corrected chi connectivity index (χ4v) is 3.07. The van der Waals surface area contributed by atoms with Crippen LogP contribution in [0.3, 0.4) is 0 Å². The second kappa shape index (κ2) is 4.53. The van der Waals surface area contributed by atoms with E-state index in [1.165, 1.54) is 6.42 Å². The normalized spacial score (nSPS) is 21.2. The number of piperidine rings is 1. The quantitative estimate of drug-likeness (QED) is 0.753. The Hall–Kier alpha value is -0.900. The van der Waals surface area contributed by atoms with Crippen LogP contribution in [0, 0.1) is 13.8 Å². The number of amides is 1. The van der Waals surface area contributed by atoms with Gasteiger partial charge >= 0.3 is 0 Å². The van der Waals surface area contributed by atoms with Gasteiger partial charge in [0.15, 0.2) is 0 Å². The van der Waals surface area contributed by atoms with Gasteiger partial charge in [0, 0.05) is 17.5 Å². The molecule has 1 unspecified atom stereocenters. The minimum Gasteiger partial charge on any atom is -0.335 e. The van der Waals surface area contributed by atoms with Gasteiger partial charge in [-0.25, -0.2) is 4.98 Å². The molecule has 1 aromatic rings. The molecule has 1 aromatic heterocycles. The maximum absolute atomic E-state index is 12.3. The molecule has 2 rings (SSSR count). The van der Waals surface area contributed by atoms with E-state index < -0.39 is 0 Å². The van der Waals surface area contributed by atoms with Gasteiger partial charge in [-0.05, 0) is 40.0 Å². The number of hydrogen-bond acceptors (Lipinski definition) is 3. The number of hydrogen-bond donors (Lipinski definition) is 0. The third kappa shape index (κ3) is 2.12. The molecule has 0 aliphatic carbocycles. The molecule has 2 heterocycles. The van der Waals surface area contributed by atoms with E-state index in [4.69, 9.17) is 0 Å². The van der Waals surface area contributed by atoms with Gasteiger partial charge in [0.05, 0.1) is 5.01 Å². The largest absolute Gasteiger partial charge is 0.335 e. The minimum absolute atomic E-state index is 0.119. The Balaban J connectivity index is 2.21. The van der Waals surface area contributed by atoms with E-state index in [2.05, 4.69) is 11.9 Å². The Labute approximate surface area is 100 Å². The van der Waals surface area contributed by atoms with Crippen molar-refractivity contribution in [2.75, 3.05) is 6.54 Å². The summed E-state index contributed by atoms with van der Waals surface area (Å²) in [5, 5.41) is 0.977. The number of rotatable bonds is 1. The number of aryl methyl sites for hydroxylation is 2. The van der Waals surface area contributed by atoms with Gasteiger partial charge in [-0.15, -0.1) is 11.3 Å². The summed E-state index contributed by atoms with van der Waals surface area (Å²) < 4.78 is 0. The molecular formula is C12H18N2OS. The van der Waals surface area contributed by atoms with E-state index in [1.807, 2.05) is 18.7 Å². The Bertz CT molecular complexity index is 400. The van der Waals surface area contributed by atoms with E-state index in [0.717, 1.165) is 29.3 Å². The second-order valence-electron chi connectivity index (χ2n) is 4.48. The van der Waals surface area contributed by atoms with Crippen molar-refractivity contribution < 1.29 is 4.79 Å². The number of carbonyl (C=O) groups excluding carboxylic acids is 1. The molecule has 16 heavy (non-hydrogen) atoms. The highest BCUT2D eigenvalue weighted by atomic mass is 32.1. The van der Waals surface area contributed by atoms with Crippen molar-refractivity contribution >= 4 is 17.2 Å². The summed E-state index contributed by atoms with van der Waals surface area (Å²) in [4.78, 5) is 19.7. The van der Waals surface area contributed by atoms with Crippen molar-refractivity contribution in [3.05, 3.63) is 15.6 Å². The molecule has 88 valence electrons. The highest BCUT2D eigenvalue weighted by Gasteiger charge is 2.26. The maximum atomic E-state index is 12.3. The van der Waals surface area contributed by atoms with Gasteiger partial charge in [-0.1, -0.05) is 0 Å². The Morgan fingerprint density at radius 3 is 2.75 bits per heavy atom. The first kappa shape index (κ1) is 11.6. The van der Waals surface area contributed by atoms with Crippen LogP contribution >= 0.6 is 11.3 Å². The Morgan fingerprint density at radius 2 is 2.19 bits per heavy atom. The lowest BCUT2D eigenvalue weighted by atomic mass is 10.0. The summed E-state index contributed by atoms with van der Waals surface area (Å²) in [6.07, 6.45) is 3.48. The number of aromatic nitrogens is 1. The van der Waals surface area contributed by atoms with Crippen molar-refractivity contribution in [1.82, 2.24) is 9.88 Å². The maximum Gasteiger partial charge on any atom is 0.273 e. The van der Waals surface area contributed by atoms with Gasteiger partial charge in [0.1, 0.15) is 5.69 Å². The van der Waals surface area contributed by atoms with Gasteiger partial charge in [0.25, 0.3) is 5.91 Å². The lowest BCUT2D eigenvalue weighted by Gasteiger charge is -2.33. The van der Waals surface area contributed by atoms with Crippen LogP contribution in [0.15, 0.2) is 0 Å². The molecule has 1 saturated heterocycles. The molecule has 0 bridgehead atoms. The van der Waals surface area contributed by atoms with Crippen LogP contribution < -0.4 is 0 Å². The Morgan fingerprint density at radius 1 is 1.44 bits per heavy atom. The van der Waals surface area contributed by atoms with E-state index in [9.17, 15) is 4.79 Å². The first-order valence-electron chi connectivity index (χ1n) is 5.84. The molecule has 1 aliphatic rings. The predicted molar refractivity (Wildman–Crippen MR) is 65.9 cm³/mol. The van der Waals surface area contributed by atoms with Crippen LogP contribution in [-0.4, -0.2) is 28.4 Å². The van der Waals surface area contributed by atoms with Crippen LogP contribution in [0.4, 0.5) is 0 Å². The van der Waals surface area contributed by atoms with E-state index >= 15 is 0 Å². The van der Waals surface area contributed by atoms with Gasteiger partial charge in [-0.3, -0.25) is 4.79 Å². The van der Waals surface area contributed by atoms with E-state index in [-0.39, 0.29) is 5.91 Å². The molecule has 0 saturated carbocycles. The molecule has 1 aliphatic heterocycles. The van der Waals surface area contributed by atoms with Gasteiger partial charge in [0.2, 0.25) is 0 Å². The highest BCUT2D eigenvalue weighted by molar-refractivity contribution is 7.11. The third-order valence-electron chi connectivity index (χ3n) is 3.17. The fraction of sp³-hybridized carbons (Fsp3) is 0.667. The number of nitrogens with zero attached hydrogens (tertiary/aromatic N) is 2. The lowest BCUT2D eigenvalue weighted by molar-refractivity contribution is 0.0629. The molecule has 1 fully saturated rings. The summed E-state index contributed by atoms with van der Waals surface area (Å²) in [5.74, 6) is 0.119. The molecular weight excluding hydrogens is 220 g/mol. The van der Waals surface area contributed by atoms with E-state index in [0.29, 0.717) is 11.7 Å². The van der Waals surface area contributed by atoms with Crippen LogP contribution in [0.5, 0.6) is 0 Å². The fourth-order valence-electron chi connectivity index (χ4n) is 2.26. The van der Waals surface area contributed by atoms with Crippen LogP contribution in [0.1, 0.15) is 46.6 Å². The van der Waals surface area contributed by atoms with Crippen molar-refractivity contribution in [3.63, 3.8) is 0 Å². The zero-order valence-electron chi connectivity index (χ0n) is 10.1. The summed E-state index contributed by atoms with van der Waals surface area (Å²) in [6, 6.07) is 0.364. The molecule has 1 atom stereocenters. The zero-order valence-corrected chi connectivity index (χ0v) is 10.9. The standard InChI is InChI=1S/C12H18N2OS/c1-8-6-4-5-7-14(8)12(15)11-9(2)16-10(3)13-11/h8H,4-7H2,1-3H3. The zero-order chi connectivity index (χ0) is 11.7. The lowest BCUT2D eigenvalue weighted by Crippen LogP contribution is -2.42. The topological polar surface area (TPSA) is 33.2 Å². The van der Waals surface area contributed by atoms with Crippen LogP contribution in [0.2, 0.25) is 0 Å². The monoisotopic (exact) mass is 238 g/mol. The minimum atomic E-state index is 0.119. The van der Waals surface area contributed by atoms with Crippen molar-refractivity contribution in [2.45, 2.75) is 46.1 Å². The molecule has 4 heteroatoms. The first-order valence-corrected chi connectivity index (χ1v) is 6.66. The summed E-state index contributed by atoms with van der Waals surface area (Å²) in [5.41, 5.74) is 0.663. The van der Waals surface area contributed by atoms with Crippen molar-refractivity contribution in [2.24, 2.45) is 0 Å². The summed E-state index contributed by atoms with van der Waals surface area (Å²) in [6.45, 7) is 6.95. The smallest absolute Gasteiger partial charge is 0.273 e. The molecule has 0 aromatic carbocycles. The first-order chi connectivity index (χ1) is 7.59. The molecule has 0 N–H and O–H groups in total. The summed E-state index contributed by atoms with van der Waals surface area (Å²) >= 11 is 1.60. The Kier molecular flexibility index (Phi) is 3.28. The molecule has 1 amide bonds. The SMILES string of the molecule is Cc1nc(C(=O)N2CCCCC2C)c(C)s1. The third-order valence-corrected chi connectivity index (χ3v) is 4.06. The van der Waals surface area contributed by atoms with E-state index in [1.54, 1.807) is 11.3 Å². The van der Waals surface area contributed by atoms with Crippen molar-refractivity contribution in [1.29, 1.82) is 0 Å². The number of carbonyl (C=O) groups is 1. The predicted octanol–water partition coefficient (Wildman–Crippen LogP) is 2.77. The molecule has 0 radical (unpaired) electrons. The average molecular weight is 238 g/mol. The van der Waals surface area contributed by atoms with Crippen molar-refractivity contribution in [3.8, 4) is 0 Å². The highest BCUT2D eigenvalue weighted by Crippen LogP contribution is 2.22. The van der Waals surface area contributed by atoms with Crippen LogP contribution in [-0.2, 0) is 0 Å². The van der Waals surface area contributed by atoms with Gasteiger partial charge < -0.3 is 4.90 Å². The number of thiazole rings is 1. The number of likely N-dealkylation sites (tertiary alicyclic amines) is 1. The summed E-state index contributed by atoms with van der Waals surface area (Å²) in [7, 11) is 0. The van der Waals surface area contributed by atoms with Crippen LogP contribution in [0.25, 0.3) is 0 Å². The van der Waals surface area contributed by atoms with Gasteiger partial charge in [-0.2, -0.15) is 0 Å². The molecule has 3 nitrogen and oxygen atoms in total. The molecule has 0 spiro atoms.